The maximum atomic E-state index is 12.6. The topological polar surface area (TPSA) is 84.9 Å². The van der Waals surface area contributed by atoms with Crippen LogP contribution in [0.4, 0.5) is 0 Å². The second-order valence-corrected chi connectivity index (χ2v) is 5.83. The summed E-state index contributed by atoms with van der Waals surface area (Å²) in [6, 6.07) is 8.68. The summed E-state index contributed by atoms with van der Waals surface area (Å²) in [6.45, 7) is 3.15. The number of carbonyl (C=O) groups excluding carboxylic acids is 3. The van der Waals surface area contributed by atoms with Crippen LogP contribution in [0.15, 0.2) is 30.3 Å². The zero-order valence-corrected chi connectivity index (χ0v) is 14.1. The smallest absolute Gasteiger partial charge is 0.305 e. The third-order valence-corrected chi connectivity index (χ3v) is 4.11. The minimum absolute atomic E-state index is 0.0837. The van der Waals surface area contributed by atoms with E-state index in [0.29, 0.717) is 0 Å². The van der Waals surface area contributed by atoms with Crippen LogP contribution in [0.5, 0.6) is 0 Å². The van der Waals surface area contributed by atoms with E-state index < -0.39 is 17.7 Å². The van der Waals surface area contributed by atoms with Crippen LogP contribution in [0.1, 0.15) is 32.3 Å². The van der Waals surface area contributed by atoms with Crippen LogP contribution in [-0.2, 0) is 30.6 Å². The molecule has 1 amide bonds. The van der Waals surface area contributed by atoms with Gasteiger partial charge in [-0.3, -0.25) is 24.5 Å². The van der Waals surface area contributed by atoms with E-state index in [1.165, 1.54) is 14.0 Å². The van der Waals surface area contributed by atoms with Crippen LogP contribution in [0.3, 0.4) is 0 Å². The average molecular weight is 334 g/mol. The van der Waals surface area contributed by atoms with E-state index in [-0.39, 0.29) is 31.1 Å². The van der Waals surface area contributed by atoms with Crippen molar-refractivity contribution in [2.45, 2.75) is 45.0 Å². The van der Waals surface area contributed by atoms with Crippen LogP contribution in [-0.4, -0.2) is 41.5 Å². The maximum absolute atomic E-state index is 12.6. The van der Waals surface area contributed by atoms with E-state index in [2.05, 4.69) is 10.1 Å². The van der Waals surface area contributed by atoms with E-state index in [4.69, 9.17) is 4.84 Å². The minimum Gasteiger partial charge on any atom is -0.469 e. The highest BCUT2D eigenvalue weighted by Gasteiger charge is 2.51. The molecule has 0 aliphatic carbocycles. The molecule has 1 aromatic rings. The predicted octanol–water partition coefficient (Wildman–Crippen LogP) is 1.18. The Kier molecular flexibility index (Phi) is 5.69. The number of hydrogen-bond donors (Lipinski definition) is 1. The largest absolute Gasteiger partial charge is 0.469 e. The van der Waals surface area contributed by atoms with E-state index in [1.54, 1.807) is 6.92 Å². The zero-order valence-electron chi connectivity index (χ0n) is 14.1. The number of nitrogens with one attached hydrogen (secondary N) is 1. The molecule has 7 nitrogen and oxygen atoms in total. The van der Waals surface area contributed by atoms with E-state index in [9.17, 15) is 14.4 Å². The molecule has 2 rings (SSSR count). The molecule has 2 atom stereocenters. The molecule has 7 heteroatoms. The van der Waals surface area contributed by atoms with Crippen molar-refractivity contribution >= 4 is 17.7 Å². The number of amides is 1. The van der Waals surface area contributed by atoms with E-state index >= 15 is 0 Å². The fourth-order valence-electron chi connectivity index (χ4n) is 2.53. The highest BCUT2D eigenvalue weighted by Crippen LogP contribution is 2.26. The van der Waals surface area contributed by atoms with Gasteiger partial charge in [0.25, 0.3) is 5.91 Å². The molecule has 1 heterocycles. The van der Waals surface area contributed by atoms with Gasteiger partial charge in [-0.05, 0) is 25.8 Å². The number of rotatable bonds is 7. The molecular formula is C17H22N2O5. The predicted molar refractivity (Wildman–Crippen MR) is 85.3 cm³/mol. The Balaban J connectivity index is 2.09. The van der Waals surface area contributed by atoms with Crippen LogP contribution < -0.4 is 5.32 Å². The van der Waals surface area contributed by atoms with Crippen LogP contribution in [0.25, 0.3) is 0 Å². The first-order valence-corrected chi connectivity index (χ1v) is 7.75. The molecule has 1 fully saturated rings. The molecule has 130 valence electrons. The normalized spacial score (nSPS) is 23.4. The second-order valence-electron chi connectivity index (χ2n) is 5.83. The van der Waals surface area contributed by atoms with Crippen molar-refractivity contribution in [1.82, 2.24) is 10.4 Å². The molecule has 0 spiro atoms. The summed E-state index contributed by atoms with van der Waals surface area (Å²) >= 11 is 0. The number of Topliss-reactive ketones (excluding diaryl/α,β-unsaturated/α-hetero) is 1. The summed E-state index contributed by atoms with van der Waals surface area (Å²) in [4.78, 5) is 41.5. The van der Waals surface area contributed by atoms with Crippen molar-refractivity contribution in [3.8, 4) is 0 Å². The molecular weight excluding hydrogens is 312 g/mol. The lowest BCUT2D eigenvalue weighted by atomic mass is 10.1. The van der Waals surface area contributed by atoms with Gasteiger partial charge in [0.2, 0.25) is 0 Å². The number of hydrogen-bond acceptors (Lipinski definition) is 6. The van der Waals surface area contributed by atoms with Crippen molar-refractivity contribution < 1.29 is 24.0 Å². The number of esters is 1. The number of hydroxylamine groups is 2. The Morgan fingerprint density at radius 2 is 1.96 bits per heavy atom. The van der Waals surface area contributed by atoms with Gasteiger partial charge in [0.1, 0.15) is 6.61 Å². The lowest BCUT2D eigenvalue weighted by molar-refractivity contribution is -0.214. The molecule has 24 heavy (non-hydrogen) atoms. The SMILES string of the molecule is COC(=O)CCC1NC(C)(C(C)=O)N(OCc2ccccc2)C1=O. The lowest BCUT2D eigenvalue weighted by Crippen LogP contribution is -2.55. The van der Waals surface area contributed by atoms with Crippen molar-refractivity contribution in [3.63, 3.8) is 0 Å². The summed E-state index contributed by atoms with van der Waals surface area (Å²) < 4.78 is 4.59. The lowest BCUT2D eigenvalue weighted by Gasteiger charge is -2.31. The molecule has 0 aromatic heterocycles. The van der Waals surface area contributed by atoms with Crippen molar-refractivity contribution in [2.75, 3.05) is 7.11 Å². The minimum atomic E-state index is -1.26. The summed E-state index contributed by atoms with van der Waals surface area (Å²) in [5, 5.41) is 4.06. The van der Waals surface area contributed by atoms with Gasteiger partial charge < -0.3 is 4.74 Å². The summed E-state index contributed by atoms with van der Waals surface area (Å²) in [5.41, 5.74) is -0.374. The van der Waals surface area contributed by atoms with Crippen molar-refractivity contribution in [3.05, 3.63) is 35.9 Å². The number of carbonyl (C=O) groups is 3. The van der Waals surface area contributed by atoms with Crippen LogP contribution >= 0.6 is 0 Å². The Hall–Kier alpha value is -2.25. The van der Waals surface area contributed by atoms with Gasteiger partial charge in [-0.2, -0.15) is 5.06 Å². The van der Waals surface area contributed by atoms with Gasteiger partial charge in [-0.15, -0.1) is 0 Å². The fourth-order valence-corrected chi connectivity index (χ4v) is 2.53. The molecule has 0 saturated carbocycles. The zero-order chi connectivity index (χ0) is 17.7. The molecule has 1 N–H and O–H groups in total. The van der Waals surface area contributed by atoms with Gasteiger partial charge >= 0.3 is 5.97 Å². The second kappa shape index (κ2) is 7.55. The number of nitrogens with zero attached hydrogens (tertiary/aromatic N) is 1. The molecule has 2 unspecified atom stereocenters. The van der Waals surface area contributed by atoms with Gasteiger partial charge in [-0.25, -0.2) is 0 Å². The molecule has 0 bridgehead atoms. The fraction of sp³-hybridized carbons (Fsp3) is 0.471. The van der Waals surface area contributed by atoms with Crippen molar-refractivity contribution in [1.29, 1.82) is 0 Å². The number of ketones is 1. The van der Waals surface area contributed by atoms with Crippen LogP contribution in [0.2, 0.25) is 0 Å². The monoisotopic (exact) mass is 334 g/mol. The first-order chi connectivity index (χ1) is 11.4. The molecule has 1 aromatic carbocycles. The number of methoxy groups -OCH3 is 1. The Morgan fingerprint density at radius 1 is 1.29 bits per heavy atom. The first-order valence-electron chi connectivity index (χ1n) is 7.75. The third-order valence-electron chi connectivity index (χ3n) is 4.11. The molecule has 1 aliphatic rings. The molecule has 1 saturated heterocycles. The summed E-state index contributed by atoms with van der Waals surface area (Å²) in [7, 11) is 1.29. The number of benzene rings is 1. The Morgan fingerprint density at radius 3 is 2.54 bits per heavy atom. The average Bonchev–Trinajstić information content (AvgIpc) is 2.83. The summed E-state index contributed by atoms with van der Waals surface area (Å²) in [5.74, 6) is -1.02. The van der Waals surface area contributed by atoms with Gasteiger partial charge in [0.15, 0.2) is 11.4 Å². The van der Waals surface area contributed by atoms with Crippen molar-refractivity contribution in [2.24, 2.45) is 0 Å². The third kappa shape index (κ3) is 3.80. The number of ether oxygens (including phenoxy) is 1. The standard InChI is InChI=1S/C17H22N2O5/c1-12(20)17(2)18-14(9-10-15(21)23-3)16(22)19(17)24-11-13-7-5-4-6-8-13/h4-8,14,18H,9-11H2,1-3H3. The van der Waals surface area contributed by atoms with Gasteiger partial charge in [0, 0.05) is 6.42 Å². The van der Waals surface area contributed by atoms with Gasteiger partial charge in [0.05, 0.1) is 13.2 Å². The Bertz CT molecular complexity index is 619. The quantitative estimate of drug-likeness (QED) is 0.754. The Labute approximate surface area is 140 Å². The molecule has 1 aliphatic heterocycles. The van der Waals surface area contributed by atoms with E-state index in [0.717, 1.165) is 10.6 Å². The summed E-state index contributed by atoms with van der Waals surface area (Å²) in [6.07, 6.45) is 0.319. The highest BCUT2D eigenvalue weighted by molar-refractivity contribution is 5.95. The maximum Gasteiger partial charge on any atom is 0.305 e. The van der Waals surface area contributed by atoms with Gasteiger partial charge in [-0.1, -0.05) is 30.3 Å². The highest BCUT2D eigenvalue weighted by atomic mass is 16.7. The van der Waals surface area contributed by atoms with Crippen LogP contribution in [0, 0.1) is 0 Å². The van der Waals surface area contributed by atoms with E-state index in [1.807, 2.05) is 30.3 Å². The molecule has 0 radical (unpaired) electrons. The first kappa shape index (κ1) is 18.1.